The number of aromatic nitrogens is 1. The predicted molar refractivity (Wildman–Crippen MR) is 104 cm³/mol. The Labute approximate surface area is 161 Å². The van der Waals surface area contributed by atoms with E-state index in [-0.39, 0.29) is 18.7 Å². The molecule has 1 aromatic heterocycles. The van der Waals surface area contributed by atoms with E-state index >= 15 is 0 Å². The Morgan fingerprint density at radius 2 is 2.07 bits per heavy atom. The molecule has 0 aromatic carbocycles. The summed E-state index contributed by atoms with van der Waals surface area (Å²) in [7, 11) is 0. The molecule has 1 aliphatic carbocycles. The summed E-state index contributed by atoms with van der Waals surface area (Å²) in [5, 5.41) is 9.58. The molecule has 6 nitrogen and oxygen atoms in total. The third kappa shape index (κ3) is 5.46. The largest absolute Gasteiger partial charge is 0.465 e. The van der Waals surface area contributed by atoms with Gasteiger partial charge in [-0.1, -0.05) is 6.92 Å². The molecule has 27 heavy (non-hydrogen) atoms. The molecule has 6 heteroatoms. The molecule has 1 amide bonds. The second-order valence-corrected chi connectivity index (χ2v) is 7.08. The first kappa shape index (κ1) is 20.8. The van der Waals surface area contributed by atoms with Crippen LogP contribution in [0.1, 0.15) is 50.1 Å². The molecule has 0 atom stereocenters. The maximum atomic E-state index is 12.9. The smallest absolute Gasteiger partial charge is 0.325 e. The van der Waals surface area contributed by atoms with Crippen molar-refractivity contribution in [3.8, 4) is 6.07 Å². The summed E-state index contributed by atoms with van der Waals surface area (Å²) in [5.41, 5.74) is 3.06. The van der Waals surface area contributed by atoms with E-state index in [1.807, 2.05) is 26.0 Å². The standard InChI is InChI=1S/C21H29N3O3/c1-5-9-24-15(3)10-18(16(24)4)11-19(12-22)21(26)23(13-17-7-8-17)14-20(25)27-6-2/h10-11,17H,5-9,13-14H2,1-4H3/b19-11-. The maximum Gasteiger partial charge on any atom is 0.325 e. The first-order valence-corrected chi connectivity index (χ1v) is 9.64. The quantitative estimate of drug-likeness (QED) is 0.379. The first-order chi connectivity index (χ1) is 12.9. The Balaban J connectivity index is 2.26. The highest BCUT2D eigenvalue weighted by atomic mass is 16.5. The van der Waals surface area contributed by atoms with Crippen molar-refractivity contribution < 1.29 is 14.3 Å². The van der Waals surface area contributed by atoms with E-state index < -0.39 is 11.9 Å². The molecule has 0 unspecified atom stereocenters. The summed E-state index contributed by atoms with van der Waals surface area (Å²) in [6.07, 6.45) is 4.76. The summed E-state index contributed by atoms with van der Waals surface area (Å²) in [6.45, 7) is 9.42. The van der Waals surface area contributed by atoms with Crippen molar-refractivity contribution in [2.24, 2.45) is 5.92 Å². The number of ether oxygens (including phenoxy) is 1. The molecule has 2 rings (SSSR count). The molecular formula is C21H29N3O3. The van der Waals surface area contributed by atoms with E-state index in [4.69, 9.17) is 4.74 Å². The van der Waals surface area contributed by atoms with Crippen molar-refractivity contribution >= 4 is 18.0 Å². The lowest BCUT2D eigenvalue weighted by Crippen LogP contribution is -2.38. The third-order valence-corrected chi connectivity index (χ3v) is 4.80. The molecule has 0 spiro atoms. The number of nitrogens with zero attached hydrogens (tertiary/aromatic N) is 3. The number of nitriles is 1. The molecule has 0 bridgehead atoms. The minimum absolute atomic E-state index is 0.0525. The monoisotopic (exact) mass is 371 g/mol. The van der Waals surface area contributed by atoms with E-state index in [9.17, 15) is 14.9 Å². The van der Waals surface area contributed by atoms with Crippen LogP contribution in [0, 0.1) is 31.1 Å². The average Bonchev–Trinajstić information content (AvgIpc) is 3.41. The zero-order chi connectivity index (χ0) is 20.0. The average molecular weight is 371 g/mol. The Bertz CT molecular complexity index is 766. The highest BCUT2D eigenvalue weighted by Gasteiger charge is 2.30. The number of hydrogen-bond donors (Lipinski definition) is 0. The van der Waals surface area contributed by atoms with E-state index in [1.54, 1.807) is 13.0 Å². The molecule has 1 saturated carbocycles. The zero-order valence-corrected chi connectivity index (χ0v) is 16.7. The minimum Gasteiger partial charge on any atom is -0.465 e. The van der Waals surface area contributed by atoms with Gasteiger partial charge < -0.3 is 14.2 Å². The van der Waals surface area contributed by atoms with Crippen LogP contribution in [0.25, 0.3) is 6.08 Å². The second kappa shape index (κ2) is 9.40. The van der Waals surface area contributed by atoms with Gasteiger partial charge in [-0.15, -0.1) is 0 Å². The molecule has 1 fully saturated rings. The first-order valence-electron chi connectivity index (χ1n) is 9.64. The summed E-state index contributed by atoms with van der Waals surface area (Å²) < 4.78 is 7.17. The van der Waals surface area contributed by atoms with Gasteiger partial charge in [0, 0.05) is 24.5 Å². The van der Waals surface area contributed by atoms with Crippen LogP contribution in [0.5, 0.6) is 0 Å². The van der Waals surface area contributed by atoms with E-state index in [0.29, 0.717) is 12.5 Å². The summed E-state index contributed by atoms with van der Waals surface area (Å²) >= 11 is 0. The molecule has 0 aliphatic heterocycles. The van der Waals surface area contributed by atoms with Gasteiger partial charge in [0.2, 0.25) is 0 Å². The SMILES string of the molecule is CCCn1c(C)cc(/C=C(/C#N)C(=O)N(CC(=O)OCC)CC2CC2)c1C. The molecular weight excluding hydrogens is 342 g/mol. The summed E-state index contributed by atoms with van der Waals surface area (Å²) in [4.78, 5) is 26.3. The Kier molecular flexibility index (Phi) is 7.23. The molecule has 0 N–H and O–H groups in total. The Hall–Kier alpha value is -2.55. The summed E-state index contributed by atoms with van der Waals surface area (Å²) in [6, 6.07) is 4.02. The van der Waals surface area contributed by atoms with Gasteiger partial charge in [-0.25, -0.2) is 0 Å². The van der Waals surface area contributed by atoms with E-state index in [0.717, 1.165) is 42.8 Å². The molecule has 0 radical (unpaired) electrons. The lowest BCUT2D eigenvalue weighted by Gasteiger charge is -2.21. The van der Waals surface area contributed by atoms with Crippen molar-refractivity contribution in [2.75, 3.05) is 19.7 Å². The molecule has 1 aliphatic rings. The van der Waals surface area contributed by atoms with Gasteiger partial charge >= 0.3 is 5.97 Å². The van der Waals surface area contributed by atoms with Gasteiger partial charge in [-0.3, -0.25) is 9.59 Å². The molecule has 0 saturated heterocycles. The van der Waals surface area contributed by atoms with Crippen LogP contribution in [0.3, 0.4) is 0 Å². The van der Waals surface area contributed by atoms with Crippen molar-refractivity contribution in [1.82, 2.24) is 9.47 Å². The van der Waals surface area contributed by atoms with Crippen LogP contribution in [-0.4, -0.2) is 41.0 Å². The van der Waals surface area contributed by atoms with E-state index in [1.165, 1.54) is 4.90 Å². The van der Waals surface area contributed by atoms with Crippen LogP contribution in [0.2, 0.25) is 0 Å². The van der Waals surface area contributed by atoms with E-state index in [2.05, 4.69) is 11.5 Å². The van der Waals surface area contributed by atoms with Crippen LogP contribution < -0.4 is 0 Å². The van der Waals surface area contributed by atoms with Crippen molar-refractivity contribution in [2.45, 2.75) is 53.5 Å². The molecule has 146 valence electrons. The Morgan fingerprint density at radius 3 is 2.63 bits per heavy atom. The van der Waals surface area contributed by atoms with Crippen LogP contribution >= 0.6 is 0 Å². The van der Waals surface area contributed by atoms with Crippen molar-refractivity contribution in [3.63, 3.8) is 0 Å². The van der Waals surface area contributed by atoms with Crippen molar-refractivity contribution in [1.29, 1.82) is 5.26 Å². The molecule has 1 aromatic rings. The third-order valence-electron chi connectivity index (χ3n) is 4.80. The maximum absolute atomic E-state index is 12.9. The lowest BCUT2D eigenvalue weighted by atomic mass is 10.1. The van der Waals surface area contributed by atoms with Crippen molar-refractivity contribution in [3.05, 3.63) is 28.6 Å². The molecule has 1 heterocycles. The minimum atomic E-state index is -0.440. The van der Waals surface area contributed by atoms with Gasteiger partial charge in [-0.2, -0.15) is 5.26 Å². The van der Waals surface area contributed by atoms with Gasteiger partial charge in [0.05, 0.1) is 6.61 Å². The number of hydrogen-bond acceptors (Lipinski definition) is 4. The fraction of sp³-hybridized carbons (Fsp3) is 0.571. The van der Waals surface area contributed by atoms with Crippen LogP contribution in [0.15, 0.2) is 11.6 Å². The zero-order valence-electron chi connectivity index (χ0n) is 16.7. The number of amides is 1. The van der Waals surface area contributed by atoms with Gasteiger partial charge in [0.15, 0.2) is 0 Å². The normalized spacial score (nSPS) is 14.0. The number of rotatable bonds is 9. The number of aryl methyl sites for hydroxylation is 1. The summed E-state index contributed by atoms with van der Waals surface area (Å²) in [5.74, 6) is -0.430. The topological polar surface area (TPSA) is 75.3 Å². The van der Waals surface area contributed by atoms with Gasteiger partial charge in [-0.05, 0) is 63.7 Å². The highest BCUT2D eigenvalue weighted by Crippen LogP contribution is 2.30. The highest BCUT2D eigenvalue weighted by molar-refractivity contribution is 6.02. The van der Waals surface area contributed by atoms with Gasteiger partial charge in [0.25, 0.3) is 5.91 Å². The fourth-order valence-corrected chi connectivity index (χ4v) is 3.20. The predicted octanol–water partition coefficient (Wildman–Crippen LogP) is 3.22. The Morgan fingerprint density at radius 1 is 1.37 bits per heavy atom. The van der Waals surface area contributed by atoms with Gasteiger partial charge in [0.1, 0.15) is 18.2 Å². The second-order valence-electron chi connectivity index (χ2n) is 7.08. The number of carbonyl (C=O) groups excluding carboxylic acids is 2. The number of esters is 1. The fourth-order valence-electron chi connectivity index (χ4n) is 3.20. The van der Waals surface area contributed by atoms with Crippen LogP contribution in [0.4, 0.5) is 0 Å². The lowest BCUT2D eigenvalue weighted by molar-refractivity contribution is -0.147. The van der Waals surface area contributed by atoms with Crippen LogP contribution in [-0.2, 0) is 20.9 Å². The number of carbonyl (C=O) groups is 2.